The first kappa shape index (κ1) is 15.4. The van der Waals surface area contributed by atoms with Crippen molar-refractivity contribution in [1.29, 1.82) is 0 Å². The van der Waals surface area contributed by atoms with Crippen LogP contribution in [0.5, 0.6) is 0 Å². The quantitative estimate of drug-likeness (QED) is 0.347. The summed E-state index contributed by atoms with van der Waals surface area (Å²) in [5.41, 5.74) is 3.67. The summed E-state index contributed by atoms with van der Waals surface area (Å²) in [6, 6.07) is 23.5. The maximum atomic E-state index is 12.4. The molecule has 0 amide bonds. The molecule has 0 bridgehead atoms. The van der Waals surface area contributed by atoms with Gasteiger partial charge in [-0.25, -0.2) is 0 Å². The third-order valence-corrected chi connectivity index (χ3v) is 4.68. The van der Waals surface area contributed by atoms with Crippen molar-refractivity contribution in [2.45, 2.75) is 0 Å². The van der Waals surface area contributed by atoms with Crippen LogP contribution in [0.3, 0.4) is 0 Å². The molecule has 108 valence electrons. The van der Waals surface area contributed by atoms with Crippen molar-refractivity contribution in [2.24, 2.45) is 0 Å². The van der Waals surface area contributed by atoms with Gasteiger partial charge in [-0.15, -0.1) is 0 Å². The van der Waals surface area contributed by atoms with Gasteiger partial charge in [0.25, 0.3) is 0 Å². The summed E-state index contributed by atoms with van der Waals surface area (Å²) >= 11 is 5.67. The summed E-state index contributed by atoms with van der Waals surface area (Å²) in [4.78, 5) is 12.4. The molecule has 0 aliphatic carbocycles. The molecular weight excluding hydrogens is 451 g/mol. The Hall–Kier alpha value is -1.46. The number of carbonyl (C=O) groups excluding carboxylic acids is 1. The molecule has 0 aliphatic heterocycles. The van der Waals surface area contributed by atoms with Crippen molar-refractivity contribution in [2.75, 3.05) is 0 Å². The van der Waals surface area contributed by atoms with Gasteiger partial charge in [0.15, 0.2) is 5.78 Å². The van der Waals surface area contributed by atoms with Crippen LogP contribution < -0.4 is 0 Å². The van der Waals surface area contributed by atoms with Crippen molar-refractivity contribution in [1.82, 2.24) is 0 Å². The standard InChI is InChI=1S/C19H12BrIO/c20-17-9-5-14(6-10-17)13-1-3-15(4-2-13)19(22)16-7-11-18(21)12-8-16/h1-12H. The van der Waals surface area contributed by atoms with Crippen LogP contribution in [-0.4, -0.2) is 5.78 Å². The summed E-state index contributed by atoms with van der Waals surface area (Å²) in [6.07, 6.45) is 0. The van der Waals surface area contributed by atoms with Crippen molar-refractivity contribution < 1.29 is 4.79 Å². The van der Waals surface area contributed by atoms with Crippen molar-refractivity contribution in [3.05, 3.63) is 92.0 Å². The van der Waals surface area contributed by atoms with E-state index in [0.29, 0.717) is 5.56 Å². The number of hydrogen-bond acceptors (Lipinski definition) is 1. The zero-order valence-electron chi connectivity index (χ0n) is 11.6. The average molecular weight is 463 g/mol. The van der Waals surface area contributed by atoms with E-state index in [9.17, 15) is 4.79 Å². The molecule has 1 nitrogen and oxygen atoms in total. The van der Waals surface area contributed by atoms with Gasteiger partial charge in [-0.3, -0.25) is 4.79 Å². The molecule has 3 heteroatoms. The summed E-state index contributed by atoms with van der Waals surface area (Å²) in [5.74, 6) is 0.0544. The molecule has 0 saturated carbocycles. The Labute approximate surface area is 151 Å². The monoisotopic (exact) mass is 462 g/mol. The van der Waals surface area contributed by atoms with E-state index in [4.69, 9.17) is 0 Å². The lowest BCUT2D eigenvalue weighted by Gasteiger charge is -2.05. The van der Waals surface area contributed by atoms with Gasteiger partial charge in [-0.2, -0.15) is 0 Å². The van der Waals surface area contributed by atoms with Crippen LogP contribution in [0.2, 0.25) is 0 Å². The first-order chi connectivity index (χ1) is 10.6. The SMILES string of the molecule is O=C(c1ccc(I)cc1)c1ccc(-c2ccc(Br)cc2)cc1. The van der Waals surface area contributed by atoms with Crippen LogP contribution in [0, 0.1) is 3.57 Å². The first-order valence-electron chi connectivity index (χ1n) is 6.80. The maximum Gasteiger partial charge on any atom is 0.193 e. The molecular formula is C19H12BrIO. The second-order valence-corrected chi connectivity index (χ2v) is 7.08. The lowest BCUT2D eigenvalue weighted by molar-refractivity contribution is 0.103. The molecule has 0 unspecified atom stereocenters. The molecule has 0 saturated heterocycles. The number of hydrogen-bond donors (Lipinski definition) is 0. The van der Waals surface area contributed by atoms with Gasteiger partial charge in [0.2, 0.25) is 0 Å². The van der Waals surface area contributed by atoms with E-state index < -0.39 is 0 Å². The Morgan fingerprint density at radius 2 is 1.09 bits per heavy atom. The van der Waals surface area contributed by atoms with Crippen LogP contribution >= 0.6 is 38.5 Å². The van der Waals surface area contributed by atoms with Crippen molar-refractivity contribution in [3.63, 3.8) is 0 Å². The molecule has 0 heterocycles. The fourth-order valence-corrected chi connectivity index (χ4v) is 2.85. The van der Waals surface area contributed by atoms with Gasteiger partial charge < -0.3 is 0 Å². The number of benzene rings is 3. The minimum absolute atomic E-state index is 0.0544. The Morgan fingerprint density at radius 3 is 1.59 bits per heavy atom. The van der Waals surface area contributed by atoms with Crippen LogP contribution in [0.15, 0.2) is 77.3 Å². The van der Waals surface area contributed by atoms with Crippen molar-refractivity contribution >= 4 is 44.3 Å². The van der Waals surface area contributed by atoms with Crippen LogP contribution in [-0.2, 0) is 0 Å². The minimum Gasteiger partial charge on any atom is -0.289 e. The topological polar surface area (TPSA) is 17.1 Å². The molecule has 3 aromatic rings. The first-order valence-corrected chi connectivity index (χ1v) is 8.67. The van der Waals surface area contributed by atoms with E-state index in [2.05, 4.69) is 50.7 Å². The normalized spacial score (nSPS) is 10.5. The Kier molecular flexibility index (Phi) is 4.74. The summed E-state index contributed by atoms with van der Waals surface area (Å²) in [7, 11) is 0. The minimum atomic E-state index is 0.0544. The summed E-state index contributed by atoms with van der Waals surface area (Å²) in [6.45, 7) is 0. The summed E-state index contributed by atoms with van der Waals surface area (Å²) in [5, 5.41) is 0. The van der Waals surface area contributed by atoms with E-state index in [0.717, 1.165) is 24.7 Å². The van der Waals surface area contributed by atoms with E-state index in [1.807, 2.05) is 60.7 Å². The second-order valence-electron chi connectivity index (χ2n) is 4.92. The molecule has 0 fully saturated rings. The van der Waals surface area contributed by atoms with Gasteiger partial charge in [-0.1, -0.05) is 52.3 Å². The van der Waals surface area contributed by atoms with Crippen molar-refractivity contribution in [3.8, 4) is 11.1 Å². The average Bonchev–Trinajstić information content (AvgIpc) is 2.56. The number of halogens is 2. The molecule has 0 N–H and O–H groups in total. The zero-order chi connectivity index (χ0) is 15.5. The van der Waals surface area contributed by atoms with Crippen LogP contribution in [0.4, 0.5) is 0 Å². The third kappa shape index (κ3) is 3.47. The Bertz CT molecular complexity index is 790. The van der Waals surface area contributed by atoms with Crippen LogP contribution in [0.1, 0.15) is 15.9 Å². The molecule has 0 atom stereocenters. The Balaban J connectivity index is 1.86. The lowest BCUT2D eigenvalue weighted by Crippen LogP contribution is -2.00. The van der Waals surface area contributed by atoms with E-state index >= 15 is 0 Å². The highest BCUT2D eigenvalue weighted by Gasteiger charge is 2.09. The van der Waals surface area contributed by atoms with Gasteiger partial charge in [0.05, 0.1) is 0 Å². The highest BCUT2D eigenvalue weighted by Crippen LogP contribution is 2.23. The van der Waals surface area contributed by atoms with Gasteiger partial charge >= 0.3 is 0 Å². The molecule has 22 heavy (non-hydrogen) atoms. The number of rotatable bonds is 3. The van der Waals surface area contributed by atoms with E-state index in [1.54, 1.807) is 0 Å². The van der Waals surface area contributed by atoms with Gasteiger partial charge in [-0.05, 0) is 70.1 Å². The lowest BCUT2D eigenvalue weighted by atomic mass is 9.99. The van der Waals surface area contributed by atoms with Crippen LogP contribution in [0.25, 0.3) is 11.1 Å². The fourth-order valence-electron chi connectivity index (χ4n) is 2.22. The van der Waals surface area contributed by atoms with E-state index in [-0.39, 0.29) is 5.78 Å². The molecule has 0 aromatic heterocycles. The van der Waals surface area contributed by atoms with E-state index in [1.165, 1.54) is 0 Å². The third-order valence-electron chi connectivity index (χ3n) is 3.43. The fraction of sp³-hybridized carbons (Fsp3) is 0. The van der Waals surface area contributed by atoms with Gasteiger partial charge in [0, 0.05) is 19.2 Å². The smallest absolute Gasteiger partial charge is 0.193 e. The van der Waals surface area contributed by atoms with Gasteiger partial charge in [0.1, 0.15) is 0 Å². The highest BCUT2D eigenvalue weighted by molar-refractivity contribution is 14.1. The maximum absolute atomic E-state index is 12.4. The molecule has 3 rings (SSSR count). The molecule has 0 aliphatic rings. The predicted octanol–water partition coefficient (Wildman–Crippen LogP) is 5.95. The largest absolute Gasteiger partial charge is 0.289 e. The Morgan fingerprint density at radius 1 is 0.682 bits per heavy atom. The second kappa shape index (κ2) is 6.75. The zero-order valence-corrected chi connectivity index (χ0v) is 15.3. The molecule has 3 aromatic carbocycles. The predicted molar refractivity (Wildman–Crippen MR) is 102 cm³/mol. The number of carbonyl (C=O) groups is 1. The number of ketones is 1. The molecule has 0 spiro atoms. The molecule has 0 radical (unpaired) electrons. The summed E-state index contributed by atoms with van der Waals surface area (Å²) < 4.78 is 2.18. The highest BCUT2D eigenvalue weighted by atomic mass is 127.